The van der Waals surface area contributed by atoms with Crippen molar-refractivity contribution in [3.8, 4) is 0 Å². The van der Waals surface area contributed by atoms with Gasteiger partial charge in [0.1, 0.15) is 0 Å². The van der Waals surface area contributed by atoms with E-state index >= 15 is 0 Å². The van der Waals surface area contributed by atoms with Crippen LogP contribution in [0.3, 0.4) is 0 Å². The lowest BCUT2D eigenvalue weighted by Gasteiger charge is -2.44. The topological polar surface area (TPSA) is 46.2 Å². The average molecular weight is 306 g/mol. The molecule has 0 saturated carbocycles. The zero-order chi connectivity index (χ0) is 15.1. The zero-order valence-corrected chi connectivity index (χ0v) is 14.6. The van der Waals surface area contributed by atoms with Crippen LogP contribution in [0.2, 0.25) is 6.04 Å². The van der Waals surface area contributed by atoms with E-state index in [1.807, 2.05) is 13.8 Å². The predicted molar refractivity (Wildman–Crippen MR) is 79.8 cm³/mol. The highest BCUT2D eigenvalue weighted by atomic mass is 28.4. The maximum Gasteiger partial charge on any atom is 0.501 e. The summed E-state index contributed by atoms with van der Waals surface area (Å²) in [5.41, 5.74) is -0.373. The molecule has 1 atom stereocenters. The van der Waals surface area contributed by atoms with Crippen molar-refractivity contribution >= 4 is 8.80 Å². The Morgan fingerprint density at radius 2 is 1.80 bits per heavy atom. The molecule has 0 amide bonds. The van der Waals surface area contributed by atoms with Gasteiger partial charge in [0.2, 0.25) is 0 Å². The number of hydrogen-bond donors (Lipinski definition) is 0. The third kappa shape index (κ3) is 5.09. The summed E-state index contributed by atoms with van der Waals surface area (Å²) in [4.78, 5) is 0. The van der Waals surface area contributed by atoms with Crippen molar-refractivity contribution < 1.29 is 22.8 Å². The molecule has 5 nitrogen and oxygen atoms in total. The van der Waals surface area contributed by atoms with Gasteiger partial charge in [-0.3, -0.25) is 0 Å². The fraction of sp³-hybridized carbons (Fsp3) is 1.00. The molecule has 1 saturated heterocycles. The Kier molecular flexibility index (Phi) is 7.64. The van der Waals surface area contributed by atoms with Crippen LogP contribution < -0.4 is 0 Å². The van der Waals surface area contributed by atoms with Crippen molar-refractivity contribution in [1.29, 1.82) is 0 Å². The van der Waals surface area contributed by atoms with E-state index in [1.165, 1.54) is 0 Å². The van der Waals surface area contributed by atoms with Gasteiger partial charge in [-0.05, 0) is 40.5 Å². The van der Waals surface area contributed by atoms with E-state index in [1.54, 1.807) is 7.11 Å². The van der Waals surface area contributed by atoms with Crippen molar-refractivity contribution in [2.45, 2.75) is 58.3 Å². The fourth-order valence-corrected chi connectivity index (χ4v) is 5.40. The van der Waals surface area contributed by atoms with Crippen LogP contribution in [-0.2, 0) is 22.8 Å². The Bertz CT molecular complexity index is 262. The van der Waals surface area contributed by atoms with Gasteiger partial charge >= 0.3 is 8.80 Å². The van der Waals surface area contributed by atoms with Gasteiger partial charge in [-0.25, -0.2) is 0 Å². The Balaban J connectivity index is 2.71. The summed E-state index contributed by atoms with van der Waals surface area (Å²) in [5, 5.41) is 0. The van der Waals surface area contributed by atoms with Gasteiger partial charge in [0.15, 0.2) is 0 Å². The minimum Gasteiger partial charge on any atom is -0.385 e. The second-order valence-electron chi connectivity index (χ2n) is 5.50. The Morgan fingerprint density at radius 1 is 1.20 bits per heavy atom. The van der Waals surface area contributed by atoms with E-state index in [0.717, 1.165) is 25.5 Å². The largest absolute Gasteiger partial charge is 0.501 e. The van der Waals surface area contributed by atoms with Crippen LogP contribution in [0.4, 0.5) is 0 Å². The summed E-state index contributed by atoms with van der Waals surface area (Å²) in [6, 6.07) is 0.776. The highest BCUT2D eigenvalue weighted by Gasteiger charge is 2.48. The number of rotatable bonds is 11. The van der Waals surface area contributed by atoms with Crippen LogP contribution in [0, 0.1) is 0 Å². The highest BCUT2D eigenvalue weighted by molar-refractivity contribution is 6.60. The second-order valence-corrected chi connectivity index (χ2v) is 8.15. The molecule has 6 heteroatoms. The molecule has 0 aromatic heterocycles. The van der Waals surface area contributed by atoms with Gasteiger partial charge in [0, 0.05) is 39.6 Å². The molecule has 1 aliphatic heterocycles. The lowest BCUT2D eigenvalue weighted by Crippen LogP contribution is -2.57. The van der Waals surface area contributed by atoms with Crippen LogP contribution >= 0.6 is 0 Å². The van der Waals surface area contributed by atoms with Gasteiger partial charge in [0.05, 0.1) is 11.7 Å². The quantitative estimate of drug-likeness (QED) is 0.434. The van der Waals surface area contributed by atoms with E-state index in [2.05, 4.69) is 13.8 Å². The van der Waals surface area contributed by atoms with Crippen LogP contribution in [0.1, 0.15) is 40.5 Å². The predicted octanol–water partition coefficient (Wildman–Crippen LogP) is 2.62. The molecular formula is C14H30O5Si. The minimum absolute atomic E-state index is 0.137. The number of ether oxygens (including phenoxy) is 2. The standard InChI is InChI=1S/C14H30O5Si/c1-6-17-20(18-7-2,12-8-10-15-5)19-14(3,4)13-9-11-16-13/h13H,6-12H2,1-5H3. The summed E-state index contributed by atoms with van der Waals surface area (Å²) in [6.07, 6.45) is 2.05. The van der Waals surface area contributed by atoms with Gasteiger partial charge in [0.25, 0.3) is 0 Å². The van der Waals surface area contributed by atoms with Crippen LogP contribution in [0.15, 0.2) is 0 Å². The molecule has 120 valence electrons. The SMILES string of the molecule is CCO[Si](CCCOC)(OCC)OC(C)(C)C1CCO1. The molecule has 1 fully saturated rings. The molecule has 1 unspecified atom stereocenters. The first-order valence-corrected chi connectivity index (χ1v) is 9.51. The average Bonchev–Trinajstić information content (AvgIpc) is 2.26. The molecule has 0 radical (unpaired) electrons. The van der Waals surface area contributed by atoms with E-state index < -0.39 is 8.80 Å². The van der Waals surface area contributed by atoms with Crippen LogP contribution in [0.25, 0.3) is 0 Å². The molecule has 1 rings (SSSR count). The first-order valence-electron chi connectivity index (χ1n) is 7.58. The lowest BCUT2D eigenvalue weighted by molar-refractivity contribution is -0.164. The Hall–Kier alpha value is 0.0169. The smallest absolute Gasteiger partial charge is 0.385 e. The maximum atomic E-state index is 6.37. The van der Waals surface area contributed by atoms with E-state index in [-0.39, 0.29) is 11.7 Å². The highest BCUT2D eigenvalue weighted by Crippen LogP contribution is 2.32. The minimum atomic E-state index is -2.67. The molecule has 0 spiro atoms. The molecular weight excluding hydrogens is 276 g/mol. The lowest BCUT2D eigenvalue weighted by atomic mass is 9.96. The van der Waals surface area contributed by atoms with Crippen LogP contribution in [-0.4, -0.2) is 54.0 Å². The molecule has 1 aliphatic rings. The van der Waals surface area contributed by atoms with Crippen molar-refractivity contribution in [3.63, 3.8) is 0 Å². The fourth-order valence-electron chi connectivity index (χ4n) is 2.42. The number of hydrogen-bond acceptors (Lipinski definition) is 5. The molecule has 0 aromatic carbocycles. The monoisotopic (exact) mass is 306 g/mol. The first-order chi connectivity index (χ1) is 9.49. The third-order valence-electron chi connectivity index (χ3n) is 3.45. The van der Waals surface area contributed by atoms with Crippen molar-refractivity contribution in [2.24, 2.45) is 0 Å². The molecule has 0 aromatic rings. The van der Waals surface area contributed by atoms with Gasteiger partial charge in [-0.1, -0.05) is 0 Å². The van der Waals surface area contributed by atoms with E-state index in [4.69, 9.17) is 22.8 Å². The Morgan fingerprint density at radius 3 is 2.20 bits per heavy atom. The molecule has 0 aliphatic carbocycles. The van der Waals surface area contributed by atoms with Crippen molar-refractivity contribution in [2.75, 3.05) is 33.5 Å². The molecule has 20 heavy (non-hydrogen) atoms. The van der Waals surface area contributed by atoms with E-state index in [0.29, 0.717) is 19.8 Å². The van der Waals surface area contributed by atoms with Gasteiger partial charge in [-0.2, -0.15) is 0 Å². The van der Waals surface area contributed by atoms with Gasteiger partial charge < -0.3 is 22.8 Å². The summed E-state index contributed by atoms with van der Waals surface area (Å²) in [7, 11) is -0.967. The second kappa shape index (κ2) is 8.46. The van der Waals surface area contributed by atoms with Crippen LogP contribution in [0.5, 0.6) is 0 Å². The normalized spacial score (nSPS) is 19.9. The van der Waals surface area contributed by atoms with Crippen molar-refractivity contribution in [1.82, 2.24) is 0 Å². The van der Waals surface area contributed by atoms with Gasteiger partial charge in [-0.15, -0.1) is 0 Å². The zero-order valence-electron chi connectivity index (χ0n) is 13.6. The summed E-state index contributed by atoms with van der Waals surface area (Å²) < 4.78 is 29.0. The Labute approximate surface area is 124 Å². The van der Waals surface area contributed by atoms with E-state index in [9.17, 15) is 0 Å². The third-order valence-corrected chi connectivity index (χ3v) is 6.71. The first kappa shape index (κ1) is 18.1. The molecule has 1 heterocycles. The molecule has 0 N–H and O–H groups in total. The summed E-state index contributed by atoms with van der Waals surface area (Å²) in [6.45, 7) is 10.8. The van der Waals surface area contributed by atoms with Crippen molar-refractivity contribution in [3.05, 3.63) is 0 Å². The number of methoxy groups -OCH3 is 1. The summed E-state index contributed by atoms with van der Waals surface area (Å²) in [5.74, 6) is 0. The maximum absolute atomic E-state index is 6.37. The molecule has 0 bridgehead atoms. The summed E-state index contributed by atoms with van der Waals surface area (Å²) >= 11 is 0.